The molecule has 3 aromatic rings. The van der Waals surface area contributed by atoms with E-state index in [1.54, 1.807) is 0 Å². The Morgan fingerprint density at radius 2 is 1.04 bits per heavy atom. The van der Waals surface area contributed by atoms with Crippen LogP contribution in [0.15, 0.2) is 91.0 Å². The molecule has 0 radical (unpaired) electrons. The summed E-state index contributed by atoms with van der Waals surface area (Å²) in [6.07, 6.45) is 0. The fraction of sp³-hybridized carbons (Fsp3) is 0.250. The van der Waals surface area contributed by atoms with E-state index in [4.69, 9.17) is 0 Å². The molecule has 1 aliphatic rings. The highest BCUT2D eigenvalue weighted by atomic mass is 15.2. The van der Waals surface area contributed by atoms with Gasteiger partial charge in [-0.15, -0.1) is 0 Å². The molecular weight excluding hydrogens is 302 g/mol. The maximum atomic E-state index is 2.64. The minimum absolute atomic E-state index is 0.445. The number of rotatable bonds is 4. The summed E-state index contributed by atoms with van der Waals surface area (Å²) < 4.78 is 0. The Hall–Kier alpha value is -2.38. The molecule has 0 spiro atoms. The molecule has 0 aliphatic carbocycles. The number of nitrogens with zero attached hydrogens (tertiary/aromatic N) is 1. The van der Waals surface area contributed by atoms with Gasteiger partial charge in [-0.3, -0.25) is 4.90 Å². The highest BCUT2D eigenvalue weighted by molar-refractivity contribution is 5.32. The van der Waals surface area contributed by atoms with Gasteiger partial charge in [-0.1, -0.05) is 91.0 Å². The average Bonchev–Trinajstić information content (AvgIpc) is 3.15. The Balaban J connectivity index is 1.65. The SMILES string of the molecule is C[C@H](c1ccccc1)N1C[C@@H](c2ccccc2)[C@H](c2ccccc2)C1. The van der Waals surface area contributed by atoms with Crippen LogP contribution < -0.4 is 0 Å². The molecule has 1 heterocycles. The smallest absolute Gasteiger partial charge is 0.0320 e. The van der Waals surface area contributed by atoms with Gasteiger partial charge in [0.15, 0.2) is 0 Å². The maximum absolute atomic E-state index is 2.64. The van der Waals surface area contributed by atoms with Crippen LogP contribution in [0.4, 0.5) is 0 Å². The molecule has 0 N–H and O–H groups in total. The third-order valence-corrected chi connectivity index (χ3v) is 5.63. The molecule has 3 atom stereocenters. The molecule has 1 fully saturated rings. The monoisotopic (exact) mass is 327 g/mol. The molecule has 3 aromatic carbocycles. The molecule has 4 rings (SSSR count). The normalized spacial score (nSPS) is 22.0. The summed E-state index contributed by atoms with van der Waals surface area (Å²) >= 11 is 0. The zero-order valence-corrected chi connectivity index (χ0v) is 14.8. The van der Waals surface area contributed by atoms with Crippen molar-refractivity contribution in [1.82, 2.24) is 4.90 Å². The summed E-state index contributed by atoms with van der Waals surface area (Å²) in [5, 5.41) is 0. The molecule has 0 bridgehead atoms. The van der Waals surface area contributed by atoms with Crippen LogP contribution in [-0.4, -0.2) is 18.0 Å². The number of hydrogen-bond acceptors (Lipinski definition) is 1. The second kappa shape index (κ2) is 7.25. The van der Waals surface area contributed by atoms with Crippen molar-refractivity contribution in [3.8, 4) is 0 Å². The summed E-state index contributed by atoms with van der Waals surface area (Å²) in [6.45, 7) is 4.56. The molecule has 0 aromatic heterocycles. The maximum Gasteiger partial charge on any atom is 0.0320 e. The third kappa shape index (κ3) is 3.38. The summed E-state index contributed by atoms with van der Waals surface area (Å²) in [6, 6.07) is 33.4. The van der Waals surface area contributed by atoms with Crippen LogP contribution in [0.25, 0.3) is 0 Å². The predicted octanol–water partition coefficient (Wildman–Crippen LogP) is 5.63. The van der Waals surface area contributed by atoms with Crippen molar-refractivity contribution in [3.05, 3.63) is 108 Å². The largest absolute Gasteiger partial charge is 0.295 e. The molecule has 1 aliphatic heterocycles. The molecule has 126 valence electrons. The van der Waals surface area contributed by atoms with E-state index in [1.165, 1.54) is 16.7 Å². The molecule has 0 saturated carbocycles. The van der Waals surface area contributed by atoms with Gasteiger partial charge in [-0.05, 0) is 23.6 Å². The van der Waals surface area contributed by atoms with E-state index in [0.717, 1.165) is 13.1 Å². The van der Waals surface area contributed by atoms with E-state index in [0.29, 0.717) is 17.9 Å². The van der Waals surface area contributed by atoms with Gasteiger partial charge in [0.2, 0.25) is 0 Å². The minimum Gasteiger partial charge on any atom is -0.295 e. The first-order valence-corrected chi connectivity index (χ1v) is 9.22. The molecule has 1 heteroatoms. The Bertz CT molecular complexity index is 735. The first kappa shape index (κ1) is 16.1. The van der Waals surface area contributed by atoms with Gasteiger partial charge >= 0.3 is 0 Å². The molecule has 1 nitrogen and oxygen atoms in total. The lowest BCUT2D eigenvalue weighted by atomic mass is 9.84. The number of hydrogen-bond donors (Lipinski definition) is 0. The fourth-order valence-electron chi connectivity index (χ4n) is 4.17. The van der Waals surface area contributed by atoms with Crippen LogP contribution >= 0.6 is 0 Å². The Labute approximate surface area is 150 Å². The molecule has 1 saturated heterocycles. The van der Waals surface area contributed by atoms with Gasteiger partial charge in [0, 0.05) is 31.0 Å². The fourth-order valence-corrected chi connectivity index (χ4v) is 4.17. The summed E-state index contributed by atoms with van der Waals surface area (Å²) in [4.78, 5) is 2.64. The van der Waals surface area contributed by atoms with E-state index in [2.05, 4.69) is 103 Å². The lowest BCUT2D eigenvalue weighted by molar-refractivity contribution is 0.257. The Kier molecular flexibility index (Phi) is 4.67. The molecule has 0 amide bonds. The van der Waals surface area contributed by atoms with Crippen molar-refractivity contribution >= 4 is 0 Å². The average molecular weight is 327 g/mol. The van der Waals surface area contributed by atoms with Crippen molar-refractivity contribution < 1.29 is 0 Å². The number of benzene rings is 3. The Morgan fingerprint density at radius 3 is 1.48 bits per heavy atom. The summed E-state index contributed by atoms with van der Waals surface area (Å²) in [5.41, 5.74) is 4.32. The van der Waals surface area contributed by atoms with Crippen LogP contribution in [0.2, 0.25) is 0 Å². The quantitative estimate of drug-likeness (QED) is 0.600. The Morgan fingerprint density at radius 1 is 0.640 bits per heavy atom. The van der Waals surface area contributed by atoms with E-state index in [1.807, 2.05) is 0 Å². The van der Waals surface area contributed by atoms with Crippen LogP contribution in [0.5, 0.6) is 0 Å². The lowest BCUT2D eigenvalue weighted by Crippen LogP contribution is -2.24. The topological polar surface area (TPSA) is 3.24 Å². The standard InChI is InChI=1S/C24H25N/c1-19(20-11-5-2-6-12-20)25-17-23(21-13-7-3-8-14-21)24(18-25)22-15-9-4-10-16-22/h2-16,19,23-24H,17-18H2,1H3/t19-,23+,24+/m1/s1. The lowest BCUT2D eigenvalue weighted by Gasteiger charge is -2.25. The van der Waals surface area contributed by atoms with Crippen molar-refractivity contribution in [2.24, 2.45) is 0 Å². The first-order chi connectivity index (χ1) is 12.3. The van der Waals surface area contributed by atoms with Crippen molar-refractivity contribution in [2.75, 3.05) is 13.1 Å². The zero-order valence-electron chi connectivity index (χ0n) is 14.8. The van der Waals surface area contributed by atoms with E-state index >= 15 is 0 Å². The van der Waals surface area contributed by atoms with Crippen LogP contribution in [0.3, 0.4) is 0 Å². The van der Waals surface area contributed by atoms with Crippen LogP contribution in [-0.2, 0) is 0 Å². The van der Waals surface area contributed by atoms with E-state index < -0.39 is 0 Å². The van der Waals surface area contributed by atoms with Gasteiger partial charge in [-0.25, -0.2) is 0 Å². The van der Waals surface area contributed by atoms with Crippen molar-refractivity contribution in [2.45, 2.75) is 24.8 Å². The summed E-state index contributed by atoms with van der Waals surface area (Å²) in [5.74, 6) is 1.10. The second-order valence-electron chi connectivity index (χ2n) is 7.07. The van der Waals surface area contributed by atoms with Crippen molar-refractivity contribution in [1.29, 1.82) is 0 Å². The van der Waals surface area contributed by atoms with Crippen LogP contribution in [0.1, 0.15) is 41.5 Å². The summed E-state index contributed by atoms with van der Waals surface area (Å²) in [7, 11) is 0. The second-order valence-corrected chi connectivity index (χ2v) is 7.07. The van der Waals surface area contributed by atoms with E-state index in [9.17, 15) is 0 Å². The highest BCUT2D eigenvalue weighted by Gasteiger charge is 2.36. The number of likely N-dealkylation sites (tertiary alicyclic amines) is 1. The van der Waals surface area contributed by atoms with Crippen LogP contribution in [0, 0.1) is 0 Å². The van der Waals surface area contributed by atoms with Crippen molar-refractivity contribution in [3.63, 3.8) is 0 Å². The zero-order chi connectivity index (χ0) is 17.1. The van der Waals surface area contributed by atoms with Gasteiger partial charge in [-0.2, -0.15) is 0 Å². The molecule has 0 unspecified atom stereocenters. The van der Waals surface area contributed by atoms with Gasteiger partial charge in [0.25, 0.3) is 0 Å². The van der Waals surface area contributed by atoms with Gasteiger partial charge in [0.1, 0.15) is 0 Å². The third-order valence-electron chi connectivity index (χ3n) is 5.63. The minimum atomic E-state index is 0.445. The molecule has 25 heavy (non-hydrogen) atoms. The molecular formula is C24H25N. The highest BCUT2D eigenvalue weighted by Crippen LogP contribution is 2.42. The predicted molar refractivity (Wildman–Crippen MR) is 105 cm³/mol. The first-order valence-electron chi connectivity index (χ1n) is 9.22. The van der Waals surface area contributed by atoms with Gasteiger partial charge < -0.3 is 0 Å². The van der Waals surface area contributed by atoms with E-state index in [-0.39, 0.29) is 0 Å². The van der Waals surface area contributed by atoms with Gasteiger partial charge in [0.05, 0.1) is 0 Å².